The second kappa shape index (κ2) is 36.5. The summed E-state index contributed by atoms with van der Waals surface area (Å²) in [5, 5.41) is 39.8. The molecular formula is C47H74O11. The quantitative estimate of drug-likeness (QED) is 0.0278. The fraction of sp³-hybridized carbons (Fsp3) is 0.638. The third-order valence-corrected chi connectivity index (χ3v) is 9.24. The van der Waals surface area contributed by atoms with Crippen LogP contribution in [0, 0.1) is 0 Å². The maximum Gasteiger partial charge on any atom is 0.335 e. The highest BCUT2D eigenvalue weighted by Crippen LogP contribution is 2.23. The van der Waals surface area contributed by atoms with Crippen molar-refractivity contribution < 1.29 is 53.8 Å². The van der Waals surface area contributed by atoms with Crippen LogP contribution in [0.1, 0.15) is 142 Å². The van der Waals surface area contributed by atoms with Crippen molar-refractivity contribution in [2.24, 2.45) is 0 Å². The van der Waals surface area contributed by atoms with Crippen molar-refractivity contribution in [3.63, 3.8) is 0 Å². The Bertz CT molecular complexity index is 1280. The number of aliphatic hydroxyl groups excluding tert-OH is 3. The Balaban J connectivity index is 2.43. The average Bonchev–Trinajstić information content (AvgIpc) is 3.21. The molecule has 0 amide bonds. The normalized spacial score (nSPS) is 20.9. The number of esters is 2. The molecule has 0 bridgehead atoms. The minimum atomic E-state index is -1.87. The molecule has 58 heavy (non-hydrogen) atoms. The van der Waals surface area contributed by atoms with Crippen LogP contribution in [-0.2, 0) is 33.3 Å². The lowest BCUT2D eigenvalue weighted by atomic mass is 9.99. The van der Waals surface area contributed by atoms with Crippen molar-refractivity contribution in [3.8, 4) is 0 Å². The lowest BCUT2D eigenvalue weighted by Crippen LogP contribution is -2.60. The monoisotopic (exact) mass is 815 g/mol. The summed E-state index contributed by atoms with van der Waals surface area (Å²) in [6.07, 6.45) is 37.8. The van der Waals surface area contributed by atoms with Gasteiger partial charge in [0, 0.05) is 12.8 Å². The summed E-state index contributed by atoms with van der Waals surface area (Å²) in [7, 11) is 0. The van der Waals surface area contributed by atoms with E-state index >= 15 is 0 Å². The molecule has 1 heterocycles. The standard InChI is InChI=1S/C47H74O11/c1-3-5-7-9-11-13-15-17-19-20-22-24-26-28-30-32-34-36-41(49)57-39(38-56-47-44(52)42(50)43(51)45(58-47)46(53)54)37-55-40(48)35-33-31-29-27-25-23-21-18-16-14-12-10-8-6-4-2/h5-8,11-14,17-19,21,25,27,39,42-45,47,50-52H,3-4,9-10,15-16,20,22-24,26,28-38H2,1-2H3,(H,53,54)/b7-5-,8-6-,13-11-,14-12-,19-17-,21-18-,27-25-. The van der Waals surface area contributed by atoms with Gasteiger partial charge < -0.3 is 39.4 Å². The van der Waals surface area contributed by atoms with Gasteiger partial charge in [-0.3, -0.25) is 9.59 Å². The summed E-state index contributed by atoms with van der Waals surface area (Å²) in [6, 6.07) is 0. The Morgan fingerprint density at radius 3 is 1.48 bits per heavy atom. The van der Waals surface area contributed by atoms with E-state index in [2.05, 4.69) is 98.9 Å². The number of aliphatic hydroxyl groups is 3. The molecule has 1 rings (SSSR count). The van der Waals surface area contributed by atoms with Crippen LogP contribution < -0.4 is 0 Å². The zero-order valence-corrected chi connectivity index (χ0v) is 35.2. The molecule has 11 nitrogen and oxygen atoms in total. The molecule has 11 heteroatoms. The first kappa shape index (κ1) is 52.4. The molecule has 0 aromatic heterocycles. The Morgan fingerprint density at radius 2 is 0.966 bits per heavy atom. The van der Waals surface area contributed by atoms with E-state index in [1.165, 1.54) is 6.42 Å². The molecule has 1 fully saturated rings. The van der Waals surface area contributed by atoms with Crippen molar-refractivity contribution in [1.29, 1.82) is 0 Å². The second-order valence-corrected chi connectivity index (χ2v) is 14.4. The van der Waals surface area contributed by atoms with Gasteiger partial charge in [0.2, 0.25) is 0 Å². The molecule has 0 aromatic rings. The Labute approximate surface area is 348 Å². The van der Waals surface area contributed by atoms with Crippen molar-refractivity contribution in [2.45, 2.75) is 179 Å². The molecule has 328 valence electrons. The molecule has 0 radical (unpaired) electrons. The summed E-state index contributed by atoms with van der Waals surface area (Å²) in [4.78, 5) is 36.8. The van der Waals surface area contributed by atoms with Crippen molar-refractivity contribution in [1.82, 2.24) is 0 Å². The van der Waals surface area contributed by atoms with Gasteiger partial charge in [0.1, 0.15) is 24.9 Å². The van der Waals surface area contributed by atoms with Gasteiger partial charge in [0.25, 0.3) is 0 Å². The van der Waals surface area contributed by atoms with E-state index < -0.39 is 61.3 Å². The largest absolute Gasteiger partial charge is 0.479 e. The molecule has 0 spiro atoms. The SMILES string of the molecule is CC/C=C\C/C=C\C/C=C\C/C=C\CCCCC(=O)OCC(COC1OC(C(=O)O)C(O)C(O)C1O)OC(=O)CCCCCCCCC/C=C\C/C=C\C/C=C\CC. The highest BCUT2D eigenvalue weighted by Gasteiger charge is 2.47. The number of ether oxygens (including phenoxy) is 4. The molecular weight excluding hydrogens is 741 g/mol. The van der Waals surface area contributed by atoms with E-state index in [0.29, 0.717) is 12.8 Å². The van der Waals surface area contributed by atoms with E-state index in [-0.39, 0.29) is 19.4 Å². The van der Waals surface area contributed by atoms with Crippen LogP contribution in [0.4, 0.5) is 0 Å². The average molecular weight is 815 g/mol. The molecule has 1 aliphatic rings. The van der Waals surface area contributed by atoms with E-state index in [1.54, 1.807) is 0 Å². The van der Waals surface area contributed by atoms with E-state index in [0.717, 1.165) is 96.3 Å². The number of carboxylic acids is 1. The smallest absolute Gasteiger partial charge is 0.335 e. The first-order chi connectivity index (χ1) is 28.2. The fourth-order valence-electron chi connectivity index (χ4n) is 5.88. The molecule has 6 atom stereocenters. The third-order valence-electron chi connectivity index (χ3n) is 9.24. The van der Waals surface area contributed by atoms with Crippen LogP contribution >= 0.6 is 0 Å². The van der Waals surface area contributed by atoms with Crippen molar-refractivity contribution >= 4 is 17.9 Å². The van der Waals surface area contributed by atoms with Crippen molar-refractivity contribution in [3.05, 3.63) is 85.1 Å². The zero-order valence-electron chi connectivity index (χ0n) is 35.2. The minimum absolute atomic E-state index is 0.157. The third kappa shape index (κ3) is 27.9. The van der Waals surface area contributed by atoms with Gasteiger partial charge in [-0.25, -0.2) is 4.79 Å². The van der Waals surface area contributed by atoms with Crippen LogP contribution in [0.2, 0.25) is 0 Å². The van der Waals surface area contributed by atoms with E-state index in [4.69, 9.17) is 18.9 Å². The van der Waals surface area contributed by atoms with Crippen LogP contribution in [0.15, 0.2) is 85.1 Å². The lowest BCUT2D eigenvalue weighted by Gasteiger charge is -2.38. The number of aliphatic carboxylic acids is 1. The minimum Gasteiger partial charge on any atom is -0.479 e. The summed E-state index contributed by atoms with van der Waals surface area (Å²) >= 11 is 0. The number of carbonyl (C=O) groups is 3. The Hall–Kier alpha value is -3.61. The summed E-state index contributed by atoms with van der Waals surface area (Å²) in [5.41, 5.74) is 0. The molecule has 4 N–H and O–H groups in total. The number of carboxylic acid groups (broad SMARTS) is 1. The fourth-order valence-corrected chi connectivity index (χ4v) is 5.88. The number of hydrogen-bond acceptors (Lipinski definition) is 10. The molecule has 1 aliphatic heterocycles. The Kier molecular flexibility index (Phi) is 33.0. The number of carbonyl (C=O) groups excluding carboxylic acids is 2. The number of rotatable bonds is 34. The summed E-state index contributed by atoms with van der Waals surface area (Å²) in [5.74, 6) is -2.53. The van der Waals surface area contributed by atoms with Gasteiger partial charge in [0.05, 0.1) is 6.61 Å². The lowest BCUT2D eigenvalue weighted by molar-refractivity contribution is -0.298. The van der Waals surface area contributed by atoms with Gasteiger partial charge in [-0.05, 0) is 83.5 Å². The molecule has 0 saturated carbocycles. The van der Waals surface area contributed by atoms with Crippen molar-refractivity contribution in [2.75, 3.05) is 13.2 Å². The number of unbranched alkanes of at least 4 members (excludes halogenated alkanes) is 9. The van der Waals surface area contributed by atoms with Crippen LogP contribution in [0.25, 0.3) is 0 Å². The number of hydrogen-bond donors (Lipinski definition) is 4. The molecule has 6 unspecified atom stereocenters. The van der Waals surface area contributed by atoms with E-state index in [9.17, 15) is 34.8 Å². The van der Waals surface area contributed by atoms with Crippen LogP contribution in [0.5, 0.6) is 0 Å². The van der Waals surface area contributed by atoms with Crippen LogP contribution in [0.3, 0.4) is 0 Å². The summed E-state index contributed by atoms with van der Waals surface area (Å²) in [6.45, 7) is 3.52. The topological polar surface area (TPSA) is 169 Å². The first-order valence-corrected chi connectivity index (χ1v) is 21.6. The van der Waals surface area contributed by atoms with Gasteiger partial charge in [-0.2, -0.15) is 0 Å². The zero-order chi connectivity index (χ0) is 42.5. The molecule has 0 aromatic carbocycles. The van der Waals surface area contributed by atoms with E-state index in [1.807, 2.05) is 0 Å². The van der Waals surface area contributed by atoms with Gasteiger partial charge in [0.15, 0.2) is 18.5 Å². The predicted octanol–water partition coefficient (Wildman–Crippen LogP) is 9.09. The predicted molar refractivity (Wildman–Crippen MR) is 229 cm³/mol. The maximum atomic E-state index is 12.8. The van der Waals surface area contributed by atoms with Gasteiger partial charge in [-0.1, -0.05) is 131 Å². The maximum absolute atomic E-state index is 12.8. The second-order valence-electron chi connectivity index (χ2n) is 14.4. The first-order valence-electron chi connectivity index (χ1n) is 21.6. The Morgan fingerprint density at radius 1 is 0.534 bits per heavy atom. The molecule has 0 aliphatic carbocycles. The number of allylic oxidation sites excluding steroid dienone is 14. The van der Waals surface area contributed by atoms with Gasteiger partial charge in [-0.15, -0.1) is 0 Å². The van der Waals surface area contributed by atoms with Gasteiger partial charge >= 0.3 is 17.9 Å². The highest BCUT2D eigenvalue weighted by molar-refractivity contribution is 5.73. The highest BCUT2D eigenvalue weighted by atomic mass is 16.7. The molecule has 1 saturated heterocycles. The van der Waals surface area contributed by atoms with Crippen LogP contribution in [-0.4, -0.2) is 88.4 Å². The summed E-state index contributed by atoms with van der Waals surface area (Å²) < 4.78 is 21.7.